The summed E-state index contributed by atoms with van der Waals surface area (Å²) in [6.45, 7) is 0. The maximum absolute atomic E-state index is 10.9. The van der Waals surface area contributed by atoms with Crippen molar-refractivity contribution in [3.8, 4) is 5.75 Å². The number of fused-ring (bicyclic) bond motifs is 1. The maximum Gasteiger partial charge on any atom is 0.119 e. The van der Waals surface area contributed by atoms with Crippen molar-refractivity contribution in [1.29, 1.82) is 0 Å². The lowest BCUT2D eigenvalue weighted by atomic mass is 9.91. The Balaban J connectivity index is 1.58. The second-order valence-electron chi connectivity index (χ2n) is 6.00. The summed E-state index contributed by atoms with van der Waals surface area (Å²) in [5.74, 6) is 0.912. The molecule has 0 saturated heterocycles. The molecule has 2 aromatic rings. The maximum atomic E-state index is 10.9. The molecule has 0 amide bonds. The van der Waals surface area contributed by atoms with E-state index < -0.39 is 5.60 Å². The summed E-state index contributed by atoms with van der Waals surface area (Å²) in [5.41, 5.74) is 2.74. The largest absolute Gasteiger partial charge is 0.490 e. The smallest absolute Gasteiger partial charge is 0.119 e. The van der Waals surface area contributed by atoms with E-state index in [0.29, 0.717) is 18.9 Å². The lowest BCUT2D eigenvalue weighted by Gasteiger charge is -2.23. The van der Waals surface area contributed by atoms with E-state index in [4.69, 9.17) is 4.74 Å². The molecule has 0 heterocycles. The lowest BCUT2D eigenvalue weighted by molar-refractivity contribution is 0.0482. The van der Waals surface area contributed by atoms with Crippen molar-refractivity contribution < 1.29 is 9.84 Å². The van der Waals surface area contributed by atoms with Crippen LogP contribution in [0.1, 0.15) is 29.5 Å². The van der Waals surface area contributed by atoms with Crippen molar-refractivity contribution in [3.05, 3.63) is 65.2 Å². The van der Waals surface area contributed by atoms with Crippen LogP contribution in [0.4, 0.5) is 0 Å². The van der Waals surface area contributed by atoms with E-state index in [0.717, 1.165) is 11.3 Å². The summed E-state index contributed by atoms with van der Waals surface area (Å²) in [6, 6.07) is 16.3. The standard InChI is InChI=1S/C18H18O2/c19-18(11-13-3-1-2-4-14(13)12-18)15-5-7-16(8-6-15)20-17-9-10-17/h1-8,17,19H,9-12H2. The highest BCUT2D eigenvalue weighted by Gasteiger charge is 2.36. The topological polar surface area (TPSA) is 29.5 Å². The molecule has 1 fully saturated rings. The second-order valence-corrected chi connectivity index (χ2v) is 6.00. The summed E-state index contributed by atoms with van der Waals surface area (Å²) < 4.78 is 5.76. The first-order chi connectivity index (χ1) is 9.73. The molecule has 0 unspecified atom stereocenters. The van der Waals surface area contributed by atoms with E-state index in [9.17, 15) is 5.11 Å². The third-order valence-corrected chi connectivity index (χ3v) is 4.30. The normalized spacial score (nSPS) is 19.6. The minimum absolute atomic E-state index is 0.416. The molecule has 2 nitrogen and oxygen atoms in total. The molecule has 2 heteroatoms. The van der Waals surface area contributed by atoms with Gasteiger partial charge in [0, 0.05) is 12.8 Å². The summed E-state index contributed by atoms with van der Waals surface area (Å²) in [4.78, 5) is 0. The molecule has 0 spiro atoms. The number of aliphatic hydroxyl groups is 1. The van der Waals surface area contributed by atoms with Crippen molar-refractivity contribution >= 4 is 0 Å². The van der Waals surface area contributed by atoms with Gasteiger partial charge in [-0.15, -0.1) is 0 Å². The molecule has 0 aromatic heterocycles. The Bertz CT molecular complexity index is 601. The van der Waals surface area contributed by atoms with E-state index in [1.807, 2.05) is 36.4 Å². The highest BCUT2D eigenvalue weighted by atomic mass is 16.5. The van der Waals surface area contributed by atoms with Crippen molar-refractivity contribution in [2.45, 2.75) is 37.4 Å². The van der Waals surface area contributed by atoms with Gasteiger partial charge >= 0.3 is 0 Å². The van der Waals surface area contributed by atoms with E-state index in [1.165, 1.54) is 24.0 Å². The third-order valence-electron chi connectivity index (χ3n) is 4.30. The molecule has 0 aliphatic heterocycles. The average Bonchev–Trinajstić information content (AvgIpc) is 3.19. The van der Waals surface area contributed by atoms with Gasteiger partial charge in [-0.3, -0.25) is 0 Å². The van der Waals surface area contributed by atoms with E-state index in [1.54, 1.807) is 0 Å². The predicted molar refractivity (Wildman–Crippen MR) is 77.8 cm³/mol. The summed E-state index contributed by atoms with van der Waals surface area (Å²) in [7, 11) is 0. The van der Waals surface area contributed by atoms with Crippen molar-refractivity contribution in [1.82, 2.24) is 0 Å². The Kier molecular flexibility index (Phi) is 2.61. The van der Waals surface area contributed by atoms with Crippen LogP contribution in [0.2, 0.25) is 0 Å². The fraction of sp³-hybridized carbons (Fsp3) is 0.333. The van der Waals surface area contributed by atoms with Gasteiger partial charge in [0.25, 0.3) is 0 Å². The molecule has 0 bridgehead atoms. The average molecular weight is 266 g/mol. The zero-order valence-electron chi connectivity index (χ0n) is 11.4. The number of rotatable bonds is 3. The number of hydrogen-bond donors (Lipinski definition) is 1. The Morgan fingerprint density at radius 1 is 0.900 bits per heavy atom. The number of hydrogen-bond acceptors (Lipinski definition) is 2. The fourth-order valence-corrected chi connectivity index (χ4v) is 3.02. The predicted octanol–water partition coefficient (Wildman–Crippen LogP) is 3.21. The van der Waals surface area contributed by atoms with Crippen LogP contribution in [-0.4, -0.2) is 11.2 Å². The van der Waals surface area contributed by atoms with Crippen LogP contribution >= 0.6 is 0 Å². The minimum atomic E-state index is -0.762. The molecular formula is C18H18O2. The van der Waals surface area contributed by atoms with Crippen LogP contribution in [0.15, 0.2) is 48.5 Å². The zero-order chi connectivity index (χ0) is 13.6. The third kappa shape index (κ3) is 2.10. The van der Waals surface area contributed by atoms with Gasteiger partial charge in [0.05, 0.1) is 11.7 Å². The van der Waals surface area contributed by atoms with Gasteiger partial charge in [0.15, 0.2) is 0 Å². The van der Waals surface area contributed by atoms with Gasteiger partial charge in [-0.25, -0.2) is 0 Å². The van der Waals surface area contributed by atoms with E-state index in [2.05, 4.69) is 12.1 Å². The van der Waals surface area contributed by atoms with Gasteiger partial charge in [0.1, 0.15) is 5.75 Å². The van der Waals surface area contributed by atoms with Crippen molar-refractivity contribution in [2.24, 2.45) is 0 Å². The van der Waals surface area contributed by atoms with Crippen molar-refractivity contribution in [3.63, 3.8) is 0 Å². The van der Waals surface area contributed by atoms with E-state index >= 15 is 0 Å². The molecule has 2 aliphatic carbocycles. The Hall–Kier alpha value is -1.80. The molecule has 0 atom stereocenters. The summed E-state index contributed by atoms with van der Waals surface area (Å²) in [6.07, 6.45) is 4.15. The van der Waals surface area contributed by atoms with Crippen LogP contribution < -0.4 is 4.74 Å². The molecule has 0 radical (unpaired) electrons. The van der Waals surface area contributed by atoms with Gasteiger partial charge in [-0.2, -0.15) is 0 Å². The summed E-state index contributed by atoms with van der Waals surface area (Å²) in [5, 5.41) is 10.9. The van der Waals surface area contributed by atoms with Crippen LogP contribution in [0.5, 0.6) is 5.75 Å². The minimum Gasteiger partial charge on any atom is -0.490 e. The van der Waals surface area contributed by atoms with E-state index in [-0.39, 0.29) is 0 Å². The lowest BCUT2D eigenvalue weighted by Crippen LogP contribution is -2.25. The van der Waals surface area contributed by atoms with Gasteiger partial charge in [-0.1, -0.05) is 36.4 Å². The fourth-order valence-electron chi connectivity index (χ4n) is 3.02. The van der Waals surface area contributed by atoms with Crippen molar-refractivity contribution in [2.75, 3.05) is 0 Å². The number of benzene rings is 2. The molecule has 20 heavy (non-hydrogen) atoms. The molecule has 2 aliphatic rings. The van der Waals surface area contributed by atoms with Crippen LogP contribution in [0, 0.1) is 0 Å². The van der Waals surface area contributed by atoms with Gasteiger partial charge < -0.3 is 9.84 Å². The quantitative estimate of drug-likeness (QED) is 0.924. The second kappa shape index (κ2) is 4.35. The first-order valence-electron chi connectivity index (χ1n) is 7.29. The Labute approximate surface area is 119 Å². The van der Waals surface area contributed by atoms with Gasteiger partial charge in [-0.05, 0) is 41.7 Å². The molecule has 102 valence electrons. The van der Waals surface area contributed by atoms with Crippen LogP contribution in [-0.2, 0) is 18.4 Å². The molecular weight excluding hydrogens is 248 g/mol. The highest BCUT2D eigenvalue weighted by molar-refractivity contribution is 5.41. The monoisotopic (exact) mass is 266 g/mol. The highest BCUT2D eigenvalue weighted by Crippen LogP contribution is 2.38. The SMILES string of the molecule is OC1(c2ccc(OC3CC3)cc2)Cc2ccccc2C1. The molecule has 1 saturated carbocycles. The van der Waals surface area contributed by atoms with Gasteiger partial charge in [0.2, 0.25) is 0 Å². The van der Waals surface area contributed by atoms with Crippen LogP contribution in [0.3, 0.4) is 0 Å². The zero-order valence-corrected chi connectivity index (χ0v) is 11.4. The summed E-state index contributed by atoms with van der Waals surface area (Å²) >= 11 is 0. The van der Waals surface area contributed by atoms with Crippen LogP contribution in [0.25, 0.3) is 0 Å². The Morgan fingerprint density at radius 3 is 2.05 bits per heavy atom. The molecule has 4 rings (SSSR count). The molecule has 2 aromatic carbocycles. The number of ether oxygens (including phenoxy) is 1. The molecule has 1 N–H and O–H groups in total. The Morgan fingerprint density at radius 2 is 1.50 bits per heavy atom. The first kappa shape index (κ1) is 12.0. The first-order valence-corrected chi connectivity index (χ1v) is 7.29.